The fourth-order valence-corrected chi connectivity index (χ4v) is 1.89. The van der Waals surface area contributed by atoms with Crippen LogP contribution in [0.5, 0.6) is 5.75 Å². The highest BCUT2D eigenvalue weighted by Crippen LogP contribution is 2.21. The average molecular weight is 301 g/mol. The normalized spacial score (nSPS) is 13.7. The second-order valence-electron chi connectivity index (χ2n) is 5.07. The molecule has 0 saturated carbocycles. The van der Waals surface area contributed by atoms with Gasteiger partial charge in [0.25, 0.3) is 0 Å². The highest BCUT2D eigenvalue weighted by molar-refractivity contribution is 5.78. The molecular formula is C15H21F2NO3. The highest BCUT2D eigenvalue weighted by atomic mass is 19.1. The summed E-state index contributed by atoms with van der Waals surface area (Å²) in [5.41, 5.74) is -1.06. The average Bonchev–Trinajstić information content (AvgIpc) is 2.43. The fraction of sp³-hybridized carbons (Fsp3) is 0.533. The third-order valence-electron chi connectivity index (χ3n) is 3.22. The Morgan fingerprint density at radius 1 is 1.38 bits per heavy atom. The number of rotatable bonds is 9. The maximum absolute atomic E-state index is 13.3. The van der Waals surface area contributed by atoms with Crippen molar-refractivity contribution in [2.45, 2.75) is 38.6 Å². The zero-order valence-corrected chi connectivity index (χ0v) is 12.3. The minimum atomic E-state index is -1.06. The van der Waals surface area contributed by atoms with Crippen LogP contribution in [0.3, 0.4) is 0 Å². The molecule has 0 amide bonds. The summed E-state index contributed by atoms with van der Waals surface area (Å²) >= 11 is 0. The molecule has 4 nitrogen and oxygen atoms in total. The molecule has 0 saturated heterocycles. The van der Waals surface area contributed by atoms with E-state index in [1.807, 2.05) is 6.92 Å². The summed E-state index contributed by atoms with van der Waals surface area (Å²) in [7, 11) is 0. The number of halogens is 2. The SMILES string of the molecule is CCCNC(C)(CCCOc1c(F)cccc1F)C(=O)O. The van der Waals surface area contributed by atoms with Crippen molar-refractivity contribution in [3.8, 4) is 5.75 Å². The molecule has 2 N–H and O–H groups in total. The molecule has 0 bridgehead atoms. The standard InChI is InChI=1S/C15H21F2NO3/c1-3-9-18-15(2,14(19)20)8-5-10-21-13-11(16)6-4-7-12(13)17/h4,6-7,18H,3,5,8-10H2,1-2H3,(H,19,20). The van der Waals surface area contributed by atoms with E-state index in [1.165, 1.54) is 6.07 Å². The van der Waals surface area contributed by atoms with Gasteiger partial charge in [0.15, 0.2) is 17.4 Å². The van der Waals surface area contributed by atoms with E-state index >= 15 is 0 Å². The molecule has 0 aliphatic carbocycles. The molecule has 0 spiro atoms. The van der Waals surface area contributed by atoms with Crippen molar-refractivity contribution in [2.75, 3.05) is 13.2 Å². The Labute approximate surface area is 123 Å². The highest BCUT2D eigenvalue weighted by Gasteiger charge is 2.31. The molecule has 0 aliphatic heterocycles. The first-order chi connectivity index (χ1) is 9.90. The number of carboxylic acids is 1. The van der Waals surface area contributed by atoms with Crippen molar-refractivity contribution in [1.82, 2.24) is 5.32 Å². The largest absolute Gasteiger partial charge is 0.488 e. The van der Waals surface area contributed by atoms with Crippen molar-refractivity contribution in [3.05, 3.63) is 29.8 Å². The van der Waals surface area contributed by atoms with Crippen LogP contribution < -0.4 is 10.1 Å². The van der Waals surface area contributed by atoms with Crippen LogP contribution >= 0.6 is 0 Å². The number of hydrogen-bond acceptors (Lipinski definition) is 3. The second kappa shape index (κ2) is 7.93. The molecule has 1 unspecified atom stereocenters. The van der Waals surface area contributed by atoms with Gasteiger partial charge < -0.3 is 15.2 Å². The molecule has 0 fully saturated rings. The van der Waals surface area contributed by atoms with Gasteiger partial charge in [0, 0.05) is 0 Å². The first-order valence-corrected chi connectivity index (χ1v) is 6.96. The summed E-state index contributed by atoms with van der Waals surface area (Å²) in [4.78, 5) is 11.3. The van der Waals surface area contributed by atoms with E-state index in [9.17, 15) is 18.7 Å². The smallest absolute Gasteiger partial charge is 0.323 e. The van der Waals surface area contributed by atoms with E-state index in [-0.39, 0.29) is 6.61 Å². The zero-order chi connectivity index (χ0) is 15.9. The van der Waals surface area contributed by atoms with Gasteiger partial charge in [-0.25, -0.2) is 8.78 Å². The second-order valence-corrected chi connectivity index (χ2v) is 5.07. The summed E-state index contributed by atoms with van der Waals surface area (Å²) < 4.78 is 31.7. The molecular weight excluding hydrogens is 280 g/mol. The monoisotopic (exact) mass is 301 g/mol. The number of benzene rings is 1. The van der Waals surface area contributed by atoms with Crippen molar-refractivity contribution >= 4 is 5.97 Å². The molecule has 0 radical (unpaired) electrons. The van der Waals surface area contributed by atoms with Gasteiger partial charge in [-0.3, -0.25) is 4.79 Å². The van der Waals surface area contributed by atoms with Gasteiger partial charge in [0.05, 0.1) is 6.61 Å². The quantitative estimate of drug-likeness (QED) is 0.689. The zero-order valence-electron chi connectivity index (χ0n) is 12.3. The molecule has 1 rings (SSSR count). The first kappa shape index (κ1) is 17.4. The Balaban J connectivity index is 2.50. The van der Waals surface area contributed by atoms with Gasteiger partial charge in [-0.1, -0.05) is 13.0 Å². The summed E-state index contributed by atoms with van der Waals surface area (Å²) in [6.07, 6.45) is 1.49. The Bertz CT molecular complexity index is 462. The number of carbonyl (C=O) groups is 1. The van der Waals surface area contributed by atoms with E-state index in [0.29, 0.717) is 19.4 Å². The summed E-state index contributed by atoms with van der Waals surface area (Å²) in [6.45, 7) is 4.17. The first-order valence-electron chi connectivity index (χ1n) is 6.96. The van der Waals surface area contributed by atoms with Gasteiger partial charge in [-0.05, 0) is 44.9 Å². The molecule has 21 heavy (non-hydrogen) atoms. The number of carboxylic acid groups (broad SMARTS) is 1. The predicted octanol–water partition coefficient (Wildman–Crippen LogP) is 2.97. The molecule has 0 aromatic heterocycles. The Morgan fingerprint density at radius 2 is 2.00 bits per heavy atom. The van der Waals surface area contributed by atoms with Crippen molar-refractivity contribution in [1.29, 1.82) is 0 Å². The van der Waals surface area contributed by atoms with Crippen LogP contribution in [0, 0.1) is 11.6 Å². The van der Waals surface area contributed by atoms with Crippen molar-refractivity contribution < 1.29 is 23.4 Å². The minimum absolute atomic E-state index is 0.0501. The third-order valence-corrected chi connectivity index (χ3v) is 3.22. The lowest BCUT2D eigenvalue weighted by molar-refractivity contribution is -0.144. The lowest BCUT2D eigenvalue weighted by atomic mass is 9.96. The van der Waals surface area contributed by atoms with Gasteiger partial charge >= 0.3 is 5.97 Å². The predicted molar refractivity (Wildman–Crippen MR) is 75.4 cm³/mol. The molecule has 6 heteroatoms. The van der Waals surface area contributed by atoms with Crippen LogP contribution in [0.1, 0.15) is 33.1 Å². The Kier molecular flexibility index (Phi) is 6.55. The Hall–Kier alpha value is -1.69. The van der Waals surface area contributed by atoms with Gasteiger partial charge in [-0.15, -0.1) is 0 Å². The van der Waals surface area contributed by atoms with E-state index in [2.05, 4.69) is 5.32 Å². The van der Waals surface area contributed by atoms with Gasteiger partial charge in [-0.2, -0.15) is 0 Å². The lowest BCUT2D eigenvalue weighted by Crippen LogP contribution is -2.49. The number of hydrogen-bond donors (Lipinski definition) is 2. The van der Waals surface area contributed by atoms with Gasteiger partial charge in [0.1, 0.15) is 5.54 Å². The molecule has 0 aliphatic rings. The maximum atomic E-state index is 13.3. The van der Waals surface area contributed by atoms with E-state index in [0.717, 1.165) is 18.6 Å². The fourth-order valence-electron chi connectivity index (χ4n) is 1.89. The van der Waals surface area contributed by atoms with Crippen LogP contribution in [-0.4, -0.2) is 29.8 Å². The summed E-state index contributed by atoms with van der Waals surface area (Å²) in [5.74, 6) is -2.90. The number of para-hydroxylation sites is 1. The number of ether oxygens (including phenoxy) is 1. The van der Waals surface area contributed by atoms with Crippen LogP contribution in [0.2, 0.25) is 0 Å². The molecule has 1 atom stereocenters. The van der Waals surface area contributed by atoms with Crippen LogP contribution in [0.15, 0.2) is 18.2 Å². The van der Waals surface area contributed by atoms with Gasteiger partial charge in [0.2, 0.25) is 0 Å². The lowest BCUT2D eigenvalue weighted by Gasteiger charge is -2.26. The van der Waals surface area contributed by atoms with Crippen molar-refractivity contribution in [2.24, 2.45) is 0 Å². The van der Waals surface area contributed by atoms with Crippen molar-refractivity contribution in [3.63, 3.8) is 0 Å². The minimum Gasteiger partial charge on any atom is -0.488 e. The van der Waals surface area contributed by atoms with E-state index in [4.69, 9.17) is 4.74 Å². The molecule has 118 valence electrons. The van der Waals surface area contributed by atoms with E-state index < -0.39 is 28.9 Å². The van der Waals surface area contributed by atoms with Crippen LogP contribution in [0.4, 0.5) is 8.78 Å². The number of nitrogens with one attached hydrogen (secondary N) is 1. The molecule has 1 aromatic carbocycles. The maximum Gasteiger partial charge on any atom is 0.323 e. The Morgan fingerprint density at radius 3 is 2.52 bits per heavy atom. The molecule has 0 heterocycles. The summed E-state index contributed by atoms with van der Waals surface area (Å²) in [5, 5.41) is 12.2. The third kappa shape index (κ3) is 4.97. The topological polar surface area (TPSA) is 58.6 Å². The number of aliphatic carboxylic acids is 1. The van der Waals surface area contributed by atoms with Crippen LogP contribution in [0.25, 0.3) is 0 Å². The summed E-state index contributed by atoms with van der Waals surface area (Å²) in [6, 6.07) is 3.48. The van der Waals surface area contributed by atoms with E-state index in [1.54, 1.807) is 6.92 Å². The van der Waals surface area contributed by atoms with Crippen LogP contribution in [-0.2, 0) is 4.79 Å². The molecule has 1 aromatic rings.